The first-order valence-electron chi connectivity index (χ1n) is 7.98. The van der Waals surface area contributed by atoms with Crippen molar-refractivity contribution in [3.63, 3.8) is 0 Å². The molecule has 2 aromatic carbocycles. The summed E-state index contributed by atoms with van der Waals surface area (Å²) < 4.78 is 13.3. The summed E-state index contributed by atoms with van der Waals surface area (Å²) in [5.41, 5.74) is 2.32. The normalized spacial score (nSPS) is 16.9. The lowest BCUT2D eigenvalue weighted by molar-refractivity contribution is -0.134. The fourth-order valence-corrected chi connectivity index (χ4v) is 3.06. The molecule has 4 nitrogen and oxygen atoms in total. The summed E-state index contributed by atoms with van der Waals surface area (Å²) in [5, 5.41) is 2.85. The van der Waals surface area contributed by atoms with E-state index in [1.54, 1.807) is 23.1 Å². The second-order valence-electron chi connectivity index (χ2n) is 5.95. The summed E-state index contributed by atoms with van der Waals surface area (Å²) in [7, 11) is 0. The van der Waals surface area contributed by atoms with E-state index in [9.17, 15) is 14.0 Å². The molecule has 1 fully saturated rings. The third kappa shape index (κ3) is 3.45. The second kappa shape index (κ2) is 6.83. The number of anilines is 1. The quantitative estimate of drug-likeness (QED) is 0.939. The molecule has 1 saturated heterocycles. The third-order valence-electron chi connectivity index (χ3n) is 4.27. The number of nitrogens with one attached hydrogen (secondary N) is 1. The summed E-state index contributed by atoms with van der Waals surface area (Å²) in [6.45, 7) is 2.12. The van der Waals surface area contributed by atoms with E-state index in [1.807, 2.05) is 18.2 Å². The van der Waals surface area contributed by atoms with Gasteiger partial charge in [0.25, 0.3) is 0 Å². The fraction of sp³-hybridized carbons (Fsp3) is 0.263. The van der Waals surface area contributed by atoms with E-state index in [2.05, 4.69) is 5.32 Å². The molecule has 1 N–H and O–H groups in total. The summed E-state index contributed by atoms with van der Waals surface area (Å²) in [6.07, 6.45) is 1.53. The van der Waals surface area contributed by atoms with E-state index in [-0.39, 0.29) is 17.6 Å². The van der Waals surface area contributed by atoms with Gasteiger partial charge in [0.1, 0.15) is 11.9 Å². The largest absolute Gasteiger partial charge is 0.331 e. The molecule has 1 heterocycles. The predicted molar refractivity (Wildman–Crippen MR) is 90.9 cm³/mol. The number of nitrogens with zero attached hydrogens (tertiary/aromatic N) is 1. The summed E-state index contributed by atoms with van der Waals surface area (Å²) in [6, 6.07) is 13.2. The highest BCUT2D eigenvalue weighted by atomic mass is 19.1. The molecule has 0 aliphatic carbocycles. The number of carbonyl (C=O) groups excluding carboxylic acids is 2. The molecule has 1 atom stereocenters. The summed E-state index contributed by atoms with van der Waals surface area (Å²) >= 11 is 0. The molecule has 2 amide bonds. The van der Waals surface area contributed by atoms with Gasteiger partial charge in [0.2, 0.25) is 11.8 Å². The topological polar surface area (TPSA) is 49.4 Å². The van der Waals surface area contributed by atoms with Gasteiger partial charge in [0, 0.05) is 19.2 Å². The van der Waals surface area contributed by atoms with Crippen LogP contribution in [0.3, 0.4) is 0 Å². The van der Waals surface area contributed by atoms with Gasteiger partial charge < -0.3 is 10.2 Å². The second-order valence-corrected chi connectivity index (χ2v) is 5.95. The smallest absolute Gasteiger partial charge is 0.247 e. The maximum atomic E-state index is 13.3. The van der Waals surface area contributed by atoms with Crippen molar-refractivity contribution in [3.8, 4) is 11.1 Å². The zero-order chi connectivity index (χ0) is 17.1. The molecule has 0 bridgehead atoms. The van der Waals surface area contributed by atoms with Gasteiger partial charge in [0.05, 0.1) is 0 Å². The number of carbonyl (C=O) groups is 2. The lowest BCUT2D eigenvalue weighted by Gasteiger charge is -2.22. The number of amides is 2. The highest BCUT2D eigenvalue weighted by Crippen LogP contribution is 2.23. The molecule has 0 saturated carbocycles. The zero-order valence-electron chi connectivity index (χ0n) is 13.5. The first-order chi connectivity index (χ1) is 11.5. The van der Waals surface area contributed by atoms with Crippen molar-refractivity contribution < 1.29 is 14.0 Å². The number of hydrogen-bond acceptors (Lipinski definition) is 2. The van der Waals surface area contributed by atoms with Gasteiger partial charge in [0.15, 0.2) is 0 Å². The third-order valence-corrected chi connectivity index (χ3v) is 4.27. The maximum Gasteiger partial charge on any atom is 0.247 e. The Balaban J connectivity index is 1.70. The van der Waals surface area contributed by atoms with Gasteiger partial charge >= 0.3 is 0 Å². The average molecular weight is 326 g/mol. The zero-order valence-corrected chi connectivity index (χ0v) is 13.5. The highest BCUT2D eigenvalue weighted by Gasteiger charge is 2.32. The molecular formula is C19H19FN2O2. The van der Waals surface area contributed by atoms with Crippen molar-refractivity contribution >= 4 is 17.5 Å². The summed E-state index contributed by atoms with van der Waals surface area (Å²) in [4.78, 5) is 25.5. The Labute approximate surface area is 140 Å². The van der Waals surface area contributed by atoms with Crippen LogP contribution in [0, 0.1) is 5.82 Å². The van der Waals surface area contributed by atoms with Crippen LogP contribution in [-0.4, -0.2) is 29.3 Å². The molecule has 2 aromatic rings. The summed E-state index contributed by atoms with van der Waals surface area (Å²) in [5.74, 6) is -0.522. The van der Waals surface area contributed by atoms with Crippen molar-refractivity contribution in [1.29, 1.82) is 0 Å². The first-order valence-corrected chi connectivity index (χ1v) is 7.98. The van der Waals surface area contributed by atoms with Crippen LogP contribution in [0.5, 0.6) is 0 Å². The standard InChI is InChI=1S/C19H19FN2O2/c1-13(23)22-11-3-6-18(22)19(24)21-17-9-7-14(8-10-17)15-4-2-5-16(20)12-15/h2,4-5,7-10,12,18H,3,6,11H2,1H3,(H,21,24)/t18-/m1/s1. The fourth-order valence-electron chi connectivity index (χ4n) is 3.06. The Kier molecular flexibility index (Phi) is 4.60. The van der Waals surface area contributed by atoms with Crippen LogP contribution < -0.4 is 5.32 Å². The molecule has 3 rings (SSSR count). The van der Waals surface area contributed by atoms with Crippen LogP contribution in [0.15, 0.2) is 48.5 Å². The number of hydrogen-bond donors (Lipinski definition) is 1. The van der Waals surface area contributed by atoms with Gasteiger partial charge in [-0.15, -0.1) is 0 Å². The Morgan fingerprint density at radius 1 is 1.12 bits per heavy atom. The molecule has 1 aliphatic rings. The Bertz CT molecular complexity index is 758. The van der Waals surface area contributed by atoms with Crippen LogP contribution in [0.1, 0.15) is 19.8 Å². The van der Waals surface area contributed by atoms with Crippen molar-refractivity contribution in [3.05, 3.63) is 54.3 Å². The van der Waals surface area contributed by atoms with Crippen molar-refractivity contribution in [1.82, 2.24) is 4.90 Å². The number of benzene rings is 2. The SMILES string of the molecule is CC(=O)N1CCC[C@@H]1C(=O)Nc1ccc(-c2cccc(F)c2)cc1. The predicted octanol–water partition coefficient (Wildman–Crippen LogP) is 3.44. The lowest BCUT2D eigenvalue weighted by Crippen LogP contribution is -2.42. The number of rotatable bonds is 3. The molecule has 124 valence electrons. The molecule has 0 radical (unpaired) electrons. The van der Waals surface area contributed by atoms with E-state index in [0.29, 0.717) is 18.7 Å². The van der Waals surface area contributed by atoms with Crippen LogP contribution in [0.4, 0.5) is 10.1 Å². The van der Waals surface area contributed by atoms with Gasteiger partial charge in [-0.1, -0.05) is 24.3 Å². The van der Waals surface area contributed by atoms with Crippen molar-refractivity contribution in [2.24, 2.45) is 0 Å². The molecule has 1 aliphatic heterocycles. The molecule has 24 heavy (non-hydrogen) atoms. The Morgan fingerprint density at radius 3 is 2.54 bits per heavy atom. The van der Waals surface area contributed by atoms with E-state index < -0.39 is 6.04 Å². The Morgan fingerprint density at radius 2 is 1.88 bits per heavy atom. The number of halogens is 1. The van der Waals surface area contributed by atoms with E-state index >= 15 is 0 Å². The lowest BCUT2D eigenvalue weighted by atomic mass is 10.1. The minimum Gasteiger partial charge on any atom is -0.331 e. The average Bonchev–Trinajstić information content (AvgIpc) is 3.05. The van der Waals surface area contributed by atoms with Gasteiger partial charge in [-0.25, -0.2) is 4.39 Å². The monoisotopic (exact) mass is 326 g/mol. The van der Waals surface area contributed by atoms with Gasteiger partial charge in [-0.2, -0.15) is 0 Å². The van der Waals surface area contributed by atoms with Crippen LogP contribution in [-0.2, 0) is 9.59 Å². The van der Waals surface area contributed by atoms with Crippen LogP contribution >= 0.6 is 0 Å². The number of likely N-dealkylation sites (tertiary alicyclic amines) is 1. The van der Waals surface area contributed by atoms with E-state index in [4.69, 9.17) is 0 Å². The first kappa shape index (κ1) is 16.2. The van der Waals surface area contributed by atoms with Crippen molar-refractivity contribution in [2.75, 3.05) is 11.9 Å². The van der Waals surface area contributed by atoms with Crippen LogP contribution in [0.2, 0.25) is 0 Å². The molecular weight excluding hydrogens is 307 g/mol. The molecule has 0 spiro atoms. The maximum absolute atomic E-state index is 13.3. The highest BCUT2D eigenvalue weighted by molar-refractivity contribution is 5.97. The van der Waals surface area contributed by atoms with Crippen LogP contribution in [0.25, 0.3) is 11.1 Å². The van der Waals surface area contributed by atoms with E-state index in [1.165, 1.54) is 19.1 Å². The van der Waals surface area contributed by atoms with E-state index in [0.717, 1.165) is 17.5 Å². The van der Waals surface area contributed by atoms with Crippen molar-refractivity contribution in [2.45, 2.75) is 25.8 Å². The minimum absolute atomic E-state index is 0.0749. The van der Waals surface area contributed by atoms with Gasteiger partial charge in [-0.05, 0) is 48.2 Å². The van der Waals surface area contributed by atoms with Gasteiger partial charge in [-0.3, -0.25) is 9.59 Å². The molecule has 5 heteroatoms. The molecule has 0 unspecified atom stereocenters. The minimum atomic E-state index is -0.398. The molecule has 0 aromatic heterocycles. The Hall–Kier alpha value is -2.69.